The van der Waals surface area contributed by atoms with Gasteiger partial charge in [-0.3, -0.25) is 19.9 Å². The van der Waals surface area contributed by atoms with Crippen LogP contribution in [0.15, 0.2) is 34.0 Å². The van der Waals surface area contributed by atoms with Crippen LogP contribution in [-0.2, 0) is 0 Å². The number of aromatic amines is 2. The van der Waals surface area contributed by atoms with Crippen LogP contribution in [0.5, 0.6) is 0 Å². The van der Waals surface area contributed by atoms with E-state index in [0.29, 0.717) is 19.6 Å². The van der Waals surface area contributed by atoms with Crippen molar-refractivity contribution in [2.24, 2.45) is 15.0 Å². The zero-order chi connectivity index (χ0) is 25.5. The van der Waals surface area contributed by atoms with Crippen LogP contribution < -0.4 is 4.98 Å². The van der Waals surface area contributed by atoms with Gasteiger partial charge in [-0.1, -0.05) is 12.0 Å². The Balaban J connectivity index is 0.00000100. The van der Waals surface area contributed by atoms with Gasteiger partial charge in [-0.25, -0.2) is 9.97 Å². The molecule has 0 aliphatic rings. The second kappa shape index (κ2) is 16.1. The maximum absolute atomic E-state index is 4.52. The Bertz CT molecular complexity index is 928. The Kier molecular flexibility index (Phi) is 13.2. The molecule has 0 aromatic carbocycles. The van der Waals surface area contributed by atoms with E-state index in [1.807, 2.05) is 33.2 Å². The number of nitrogens with zero attached hydrogens (tertiary/aromatic N) is 8. The Morgan fingerprint density at radius 3 is 1.63 bits per heavy atom. The summed E-state index contributed by atoms with van der Waals surface area (Å²) in [7, 11) is 0. The molecule has 3 heterocycles. The molecule has 11 heteroatoms. The van der Waals surface area contributed by atoms with Gasteiger partial charge in [-0.2, -0.15) is 0 Å². The summed E-state index contributed by atoms with van der Waals surface area (Å²) in [5.74, 6) is 0. The fourth-order valence-electron chi connectivity index (χ4n) is 2.85. The summed E-state index contributed by atoms with van der Waals surface area (Å²) in [6.45, 7) is 10.4. The minimum absolute atomic E-state index is 0.543. The summed E-state index contributed by atoms with van der Waals surface area (Å²) >= 11 is -0.543. The number of hydrogen-bond acceptors (Lipinski definition) is 7. The first kappa shape index (κ1) is 28.6. The van der Waals surface area contributed by atoms with Gasteiger partial charge in [0.2, 0.25) is 0 Å². The Hall–Kier alpha value is -2.60. The van der Waals surface area contributed by atoms with Gasteiger partial charge in [0, 0.05) is 49.7 Å². The van der Waals surface area contributed by atoms with Gasteiger partial charge in [0.15, 0.2) is 0 Å². The van der Waals surface area contributed by atoms with E-state index in [4.69, 9.17) is 0 Å². The fraction of sp³-hybridized carbons (Fsp3) is 0.500. The molecule has 3 rings (SSSR count). The first-order chi connectivity index (χ1) is 16.9. The summed E-state index contributed by atoms with van der Waals surface area (Å²) in [6.07, 6.45) is 10.3. The number of hydrogen-bond donors (Lipinski definition) is 2. The Morgan fingerprint density at radius 2 is 1.26 bits per heavy atom. The van der Waals surface area contributed by atoms with Crippen LogP contribution in [0.25, 0.3) is 0 Å². The Morgan fingerprint density at radius 1 is 0.800 bits per heavy atom. The van der Waals surface area contributed by atoms with Crippen LogP contribution in [0.4, 0.5) is 0 Å². The van der Waals surface area contributed by atoms with Gasteiger partial charge in [0.1, 0.15) is 11.4 Å². The van der Waals surface area contributed by atoms with Gasteiger partial charge in [0.05, 0.1) is 32.3 Å². The van der Waals surface area contributed by atoms with Crippen LogP contribution in [0.1, 0.15) is 34.2 Å². The molecule has 0 aliphatic heterocycles. The second-order valence-electron chi connectivity index (χ2n) is 8.62. The van der Waals surface area contributed by atoms with Crippen molar-refractivity contribution < 1.29 is 0 Å². The number of aryl methyl sites for hydroxylation is 3. The van der Waals surface area contributed by atoms with Gasteiger partial charge in [0.25, 0.3) is 0 Å². The van der Waals surface area contributed by atoms with Crippen molar-refractivity contribution in [3.8, 4) is 0 Å². The molecule has 2 N–H and O–H groups in total. The van der Waals surface area contributed by atoms with E-state index in [1.165, 1.54) is 0 Å². The molecule has 188 valence electrons. The number of H-pyrrole nitrogens is 2. The molecule has 35 heavy (non-hydrogen) atoms. The number of rotatable bonds is 12. The Labute approximate surface area is 215 Å². The predicted molar refractivity (Wildman–Crippen MR) is 146 cm³/mol. The zero-order valence-electron chi connectivity index (χ0n) is 21.8. The minimum atomic E-state index is -0.543. The van der Waals surface area contributed by atoms with E-state index in [0.717, 1.165) is 53.8 Å². The van der Waals surface area contributed by atoms with E-state index in [1.54, 1.807) is 25.2 Å². The average Bonchev–Trinajstić information content (AvgIpc) is 3.53. The molecule has 0 fully saturated rings. The molecule has 3 aromatic heterocycles. The molecule has 0 saturated heterocycles. The molecule has 0 radical (unpaired) electrons. The number of imidazole rings is 3. The monoisotopic (exact) mass is 586 g/mol. The molecule has 0 aliphatic carbocycles. The van der Waals surface area contributed by atoms with Crippen LogP contribution in [0.2, 0.25) is 14.8 Å². The SMILES string of the molecule is Cc1nc[n-]c1C=NCCN(CCN=Cc1nc[nH]c1C)CCN=Cc1nc[nH]c1C.[CH3][Sn+]([CH3])[CH3]. The maximum atomic E-state index is 4.52. The zero-order valence-corrected chi connectivity index (χ0v) is 24.6. The molecule has 0 saturated carbocycles. The molecule has 0 unspecified atom stereocenters. The number of nitrogens with one attached hydrogen (secondary N) is 2. The fourth-order valence-corrected chi connectivity index (χ4v) is 2.85. The van der Waals surface area contributed by atoms with E-state index in [9.17, 15) is 0 Å². The van der Waals surface area contributed by atoms with Crippen molar-refractivity contribution in [1.82, 2.24) is 34.8 Å². The van der Waals surface area contributed by atoms with Gasteiger partial charge >= 0.3 is 34.6 Å². The molecule has 0 bridgehead atoms. The summed E-state index contributed by atoms with van der Waals surface area (Å²) in [5.41, 5.74) is 5.51. The van der Waals surface area contributed by atoms with Crippen molar-refractivity contribution in [2.45, 2.75) is 35.6 Å². The normalized spacial score (nSPS) is 11.7. The third kappa shape index (κ3) is 11.6. The quantitative estimate of drug-likeness (QED) is 0.250. The molecule has 10 nitrogen and oxygen atoms in total. The topological polar surface area (TPSA) is 125 Å². The van der Waals surface area contributed by atoms with Crippen molar-refractivity contribution >= 4 is 38.4 Å². The molecule has 0 atom stereocenters. The molecular formula is C24H38N10Sn. The molecule has 3 aromatic rings. The van der Waals surface area contributed by atoms with Crippen molar-refractivity contribution in [2.75, 3.05) is 39.3 Å². The molecule has 0 spiro atoms. The van der Waals surface area contributed by atoms with Crippen LogP contribution >= 0.6 is 0 Å². The average molecular weight is 585 g/mol. The number of aliphatic imine (C=N–C) groups is 3. The second-order valence-corrected chi connectivity index (χ2v) is 17.2. The van der Waals surface area contributed by atoms with Crippen LogP contribution in [0.3, 0.4) is 0 Å². The summed E-state index contributed by atoms with van der Waals surface area (Å²) in [4.78, 5) is 45.8. The summed E-state index contributed by atoms with van der Waals surface area (Å²) < 4.78 is 0. The van der Waals surface area contributed by atoms with E-state index < -0.39 is 19.8 Å². The first-order valence-electron chi connectivity index (χ1n) is 11.8. The van der Waals surface area contributed by atoms with Gasteiger partial charge in [-0.05, 0) is 26.5 Å². The van der Waals surface area contributed by atoms with Crippen LogP contribution in [0, 0.1) is 20.8 Å². The van der Waals surface area contributed by atoms with E-state index in [-0.39, 0.29) is 0 Å². The summed E-state index contributed by atoms with van der Waals surface area (Å²) in [6, 6.07) is 0. The number of aromatic nitrogens is 6. The van der Waals surface area contributed by atoms with Crippen molar-refractivity contribution in [3.63, 3.8) is 0 Å². The van der Waals surface area contributed by atoms with Crippen molar-refractivity contribution in [1.29, 1.82) is 0 Å². The van der Waals surface area contributed by atoms with Gasteiger partial charge in [-0.15, -0.1) is 0 Å². The summed E-state index contributed by atoms with van der Waals surface area (Å²) in [5, 5.41) is 0. The van der Waals surface area contributed by atoms with E-state index in [2.05, 4.69) is 64.6 Å². The first-order valence-corrected chi connectivity index (χ1v) is 20.4. The third-order valence-electron chi connectivity index (χ3n) is 4.83. The standard InChI is InChI=1S/C21H29N10.3CH3.Sn/c1-16-19(28-13-25-16)10-22-4-7-31(8-5-23-11-20-17(2)26-14-29-20)9-6-24-12-21-18(3)27-15-30-21;;;;/h10-15H,4-9H2,1-3H3,(H2-,25,26,27,28,29,30);3*1H3;/q-1;;;;+1. The van der Waals surface area contributed by atoms with Crippen molar-refractivity contribution in [3.05, 3.63) is 53.1 Å². The van der Waals surface area contributed by atoms with Crippen LogP contribution in [-0.4, -0.2) is 107 Å². The third-order valence-corrected chi connectivity index (χ3v) is 4.83. The molecular weight excluding hydrogens is 547 g/mol. The van der Waals surface area contributed by atoms with Gasteiger partial charge < -0.3 is 19.9 Å². The predicted octanol–water partition coefficient (Wildman–Crippen LogP) is 2.74. The molecule has 0 amide bonds. The van der Waals surface area contributed by atoms with E-state index >= 15 is 0 Å².